The van der Waals surface area contributed by atoms with Crippen LogP contribution in [0.4, 0.5) is 22.7 Å². The third-order valence-corrected chi connectivity index (χ3v) is 11.7. The summed E-state index contributed by atoms with van der Waals surface area (Å²) in [4.78, 5) is 24.0. The smallest absolute Gasteiger partial charge is 0.292 e. The average Bonchev–Trinajstić information content (AvgIpc) is 2.92. The van der Waals surface area contributed by atoms with E-state index in [2.05, 4.69) is 12.2 Å². The van der Waals surface area contributed by atoms with Gasteiger partial charge in [0, 0.05) is 56.1 Å². The van der Waals surface area contributed by atoms with Gasteiger partial charge in [0.2, 0.25) is 10.0 Å². The quantitative estimate of drug-likeness (QED) is 0.345. The molecule has 4 aliphatic carbocycles. The molecule has 0 spiro atoms. The van der Waals surface area contributed by atoms with Gasteiger partial charge < -0.3 is 10.2 Å². The number of anilines is 2. The molecule has 4 bridgehead atoms. The molecule has 2 aromatic rings. The molecule has 2 aromatic carbocycles. The number of sulfonamides is 1. The Morgan fingerprint density at radius 1 is 0.900 bits per heavy atom. The first-order valence-corrected chi connectivity index (χ1v) is 15.5. The van der Waals surface area contributed by atoms with Crippen molar-refractivity contribution < 1.29 is 18.3 Å². The molecule has 12 heteroatoms. The molecular formula is C28H35N5O6S. The van der Waals surface area contributed by atoms with Crippen molar-refractivity contribution in [3.8, 4) is 0 Å². The lowest BCUT2D eigenvalue weighted by atomic mass is 9.48. The lowest BCUT2D eigenvalue weighted by Crippen LogP contribution is -2.53. The van der Waals surface area contributed by atoms with Crippen molar-refractivity contribution in [3.63, 3.8) is 0 Å². The molecule has 0 aromatic heterocycles. The average molecular weight is 570 g/mol. The summed E-state index contributed by atoms with van der Waals surface area (Å²) < 4.78 is 27.7. The summed E-state index contributed by atoms with van der Waals surface area (Å²) in [6.45, 7) is 3.38. The fourth-order valence-electron chi connectivity index (χ4n) is 8.18. The summed E-state index contributed by atoms with van der Waals surface area (Å²) in [6.07, 6.45) is 7.60. The van der Waals surface area contributed by atoms with Crippen LogP contribution in [0.15, 0.2) is 47.4 Å². The number of benzene rings is 2. The molecule has 40 heavy (non-hydrogen) atoms. The van der Waals surface area contributed by atoms with E-state index >= 15 is 0 Å². The molecule has 1 N–H and O–H groups in total. The number of nitro benzene ring substituents is 2. The predicted molar refractivity (Wildman–Crippen MR) is 151 cm³/mol. The van der Waals surface area contributed by atoms with Crippen molar-refractivity contribution in [3.05, 3.63) is 62.7 Å². The largest absolute Gasteiger partial charge is 0.376 e. The molecule has 0 unspecified atom stereocenters. The van der Waals surface area contributed by atoms with Gasteiger partial charge in [0.25, 0.3) is 11.4 Å². The standard InChI is InChI=1S/C28H35N5O6S/c1-19(28-16-20-11-21(17-28)13-22(12-20)18-28)29-26-15-23(5-6-27(26)33(36)37)30-7-9-31(10-8-30)40(38,39)25-4-2-3-24(14-25)32(34)35/h2-6,14-15,19-22,29H,7-13,16-18H2,1H3/t19-,20?,21?,22?,28?/m0/s1. The minimum Gasteiger partial charge on any atom is -0.376 e. The first-order valence-electron chi connectivity index (χ1n) is 14.1. The summed E-state index contributed by atoms with van der Waals surface area (Å²) >= 11 is 0. The number of rotatable bonds is 8. The van der Waals surface area contributed by atoms with Gasteiger partial charge in [0.1, 0.15) is 5.69 Å². The van der Waals surface area contributed by atoms with Gasteiger partial charge in [0.05, 0.1) is 14.7 Å². The van der Waals surface area contributed by atoms with Crippen molar-refractivity contribution in [1.29, 1.82) is 0 Å². The second-order valence-corrected chi connectivity index (χ2v) is 14.2. The molecule has 1 aliphatic heterocycles. The van der Waals surface area contributed by atoms with Crippen molar-refractivity contribution >= 4 is 32.8 Å². The second-order valence-electron chi connectivity index (χ2n) is 12.3. The zero-order valence-electron chi connectivity index (χ0n) is 22.6. The van der Waals surface area contributed by atoms with Crippen LogP contribution in [0, 0.1) is 43.4 Å². The van der Waals surface area contributed by atoms with Crippen LogP contribution in [0.5, 0.6) is 0 Å². The minimum atomic E-state index is -3.89. The molecule has 214 valence electrons. The van der Waals surface area contributed by atoms with Crippen LogP contribution in [-0.4, -0.2) is 54.8 Å². The van der Waals surface area contributed by atoms with Gasteiger partial charge in [-0.1, -0.05) is 6.07 Å². The summed E-state index contributed by atoms with van der Waals surface area (Å²) in [5, 5.41) is 26.6. The van der Waals surface area contributed by atoms with E-state index < -0.39 is 14.9 Å². The molecule has 11 nitrogen and oxygen atoms in total. The van der Waals surface area contributed by atoms with Crippen LogP contribution >= 0.6 is 0 Å². The number of nitro groups is 2. The van der Waals surface area contributed by atoms with Crippen molar-refractivity contribution in [2.45, 2.75) is 56.4 Å². The van der Waals surface area contributed by atoms with Gasteiger partial charge in [-0.25, -0.2) is 8.42 Å². The van der Waals surface area contributed by atoms with Gasteiger partial charge in [0.15, 0.2) is 0 Å². The van der Waals surface area contributed by atoms with E-state index in [1.54, 1.807) is 6.07 Å². The zero-order valence-corrected chi connectivity index (χ0v) is 23.4. The molecule has 7 rings (SSSR count). The van der Waals surface area contributed by atoms with E-state index in [1.807, 2.05) is 11.0 Å². The molecule has 4 saturated carbocycles. The van der Waals surface area contributed by atoms with Gasteiger partial charge >= 0.3 is 0 Å². The highest BCUT2D eigenvalue weighted by atomic mass is 32.2. The van der Waals surface area contributed by atoms with E-state index in [0.717, 1.165) is 29.5 Å². The number of piperazine rings is 1. The molecule has 1 heterocycles. The summed E-state index contributed by atoms with van der Waals surface area (Å²) in [5.41, 5.74) is 1.28. The lowest BCUT2D eigenvalue weighted by Gasteiger charge is -2.59. The van der Waals surface area contributed by atoms with E-state index in [0.29, 0.717) is 18.8 Å². The Bertz CT molecular complexity index is 1400. The van der Waals surface area contributed by atoms with E-state index in [1.165, 1.54) is 67.1 Å². The fraction of sp³-hybridized carbons (Fsp3) is 0.571. The lowest BCUT2D eigenvalue weighted by molar-refractivity contribution is -0.385. The highest BCUT2D eigenvalue weighted by Gasteiger charge is 2.53. The number of nitrogens with zero attached hydrogens (tertiary/aromatic N) is 4. The zero-order chi connectivity index (χ0) is 28.2. The number of hydrogen-bond acceptors (Lipinski definition) is 8. The molecule has 1 atom stereocenters. The maximum absolute atomic E-state index is 13.2. The van der Waals surface area contributed by atoms with E-state index in [9.17, 15) is 28.6 Å². The maximum Gasteiger partial charge on any atom is 0.292 e. The monoisotopic (exact) mass is 569 g/mol. The summed E-state index contributed by atoms with van der Waals surface area (Å²) in [6, 6.07) is 10.3. The Labute approximate surface area is 233 Å². The normalized spacial score (nSPS) is 28.8. The van der Waals surface area contributed by atoms with Crippen LogP contribution in [0.1, 0.15) is 45.4 Å². The van der Waals surface area contributed by atoms with E-state index in [-0.39, 0.29) is 45.7 Å². The Balaban J connectivity index is 1.18. The second kappa shape index (κ2) is 9.99. The van der Waals surface area contributed by atoms with Crippen molar-refractivity contribution in [2.24, 2.45) is 23.2 Å². The summed E-state index contributed by atoms with van der Waals surface area (Å²) in [7, 11) is -3.89. The maximum atomic E-state index is 13.2. The van der Waals surface area contributed by atoms with Gasteiger partial charge in [-0.15, -0.1) is 0 Å². The van der Waals surface area contributed by atoms with Crippen LogP contribution in [0.2, 0.25) is 0 Å². The van der Waals surface area contributed by atoms with Crippen LogP contribution < -0.4 is 10.2 Å². The Kier molecular flexibility index (Phi) is 6.73. The van der Waals surface area contributed by atoms with Crippen LogP contribution in [0.3, 0.4) is 0 Å². The molecule has 0 radical (unpaired) electrons. The molecule has 5 fully saturated rings. The summed E-state index contributed by atoms with van der Waals surface area (Å²) in [5.74, 6) is 2.35. The molecule has 1 saturated heterocycles. The minimum absolute atomic E-state index is 0.0483. The van der Waals surface area contributed by atoms with Crippen LogP contribution in [0.25, 0.3) is 0 Å². The third-order valence-electron chi connectivity index (χ3n) is 9.82. The Hall–Kier alpha value is -3.25. The first kappa shape index (κ1) is 26.9. The molecular weight excluding hydrogens is 534 g/mol. The SMILES string of the molecule is C[C@H](Nc1cc(N2CCN(S(=O)(=O)c3cccc([N+](=O)[O-])c3)CC2)ccc1[N+](=O)[O-])C12CC3CC(CC(C3)C1)C2. The van der Waals surface area contributed by atoms with Gasteiger partial charge in [-0.05, 0) is 86.8 Å². The molecule has 0 amide bonds. The number of nitrogens with one attached hydrogen (secondary N) is 1. The van der Waals surface area contributed by atoms with Crippen molar-refractivity contribution in [1.82, 2.24) is 4.31 Å². The third kappa shape index (κ3) is 4.81. The highest BCUT2D eigenvalue weighted by Crippen LogP contribution is 2.61. The highest BCUT2D eigenvalue weighted by molar-refractivity contribution is 7.89. The Morgan fingerprint density at radius 3 is 2.10 bits per heavy atom. The van der Waals surface area contributed by atoms with Crippen LogP contribution in [-0.2, 0) is 10.0 Å². The van der Waals surface area contributed by atoms with Gasteiger partial charge in [-0.2, -0.15) is 4.31 Å². The first-order chi connectivity index (χ1) is 19.0. The number of hydrogen-bond donors (Lipinski definition) is 1. The van der Waals surface area contributed by atoms with Gasteiger partial charge in [-0.3, -0.25) is 20.2 Å². The Morgan fingerprint density at radius 2 is 1.52 bits per heavy atom. The number of non-ortho nitro benzene ring substituents is 1. The van der Waals surface area contributed by atoms with E-state index in [4.69, 9.17) is 0 Å². The molecule has 5 aliphatic rings. The predicted octanol–water partition coefficient (Wildman–Crippen LogP) is 5.03. The topological polar surface area (TPSA) is 139 Å². The fourth-order valence-corrected chi connectivity index (χ4v) is 9.65. The van der Waals surface area contributed by atoms with Crippen molar-refractivity contribution in [2.75, 3.05) is 36.4 Å².